The van der Waals surface area contributed by atoms with Crippen LogP contribution in [0.2, 0.25) is 0 Å². The fourth-order valence-electron chi connectivity index (χ4n) is 1.79. The summed E-state index contributed by atoms with van der Waals surface area (Å²) in [6, 6.07) is 9.67. The van der Waals surface area contributed by atoms with Gasteiger partial charge in [0, 0.05) is 23.4 Å². The highest BCUT2D eigenvalue weighted by molar-refractivity contribution is 5.79. The Morgan fingerprint density at radius 2 is 1.46 bits per heavy atom. The van der Waals surface area contributed by atoms with Gasteiger partial charge >= 0.3 is 0 Å². The van der Waals surface area contributed by atoms with Gasteiger partial charge in [0.2, 0.25) is 0 Å². The molecule has 2 aromatic rings. The Hall–Kier alpha value is -2.29. The first kappa shape index (κ1) is 21.7. The molecule has 0 saturated carbocycles. The quantitative estimate of drug-likeness (QED) is 0.644. The summed E-state index contributed by atoms with van der Waals surface area (Å²) in [5, 5.41) is 18.4. The number of hydrogen-bond donors (Lipinski definition) is 2. The molecule has 0 spiro atoms. The van der Waals surface area contributed by atoms with Crippen LogP contribution in [0.5, 0.6) is 17.2 Å². The standard InChI is InChI=1S/C9H10O3.C9H10O2.Al/c1-2-12-8-4-3-7(6-10)9(11)5-8;1-2-7-3-4-8(6-10)9(11)5-7;/h3-6,11H,2H2,1H3;3-6,11H,2H2,1H3;. The first-order chi connectivity index (χ1) is 11.0. The Kier molecular flexibility index (Phi) is 10.2. The van der Waals surface area contributed by atoms with Crippen molar-refractivity contribution in [1.29, 1.82) is 0 Å². The molecule has 2 N–H and O–H groups in total. The largest absolute Gasteiger partial charge is 0.507 e. The van der Waals surface area contributed by atoms with Crippen LogP contribution >= 0.6 is 0 Å². The summed E-state index contributed by atoms with van der Waals surface area (Å²) in [6.07, 6.45) is 2.12. The number of benzene rings is 2. The first-order valence-corrected chi connectivity index (χ1v) is 7.23. The Morgan fingerprint density at radius 1 is 0.917 bits per heavy atom. The van der Waals surface area contributed by atoms with Crippen molar-refractivity contribution in [2.45, 2.75) is 20.3 Å². The highest BCUT2D eigenvalue weighted by atomic mass is 27.0. The maximum atomic E-state index is 10.3. The van der Waals surface area contributed by atoms with Crippen molar-refractivity contribution < 1.29 is 24.5 Å². The number of aryl methyl sites for hydroxylation is 1. The van der Waals surface area contributed by atoms with Crippen LogP contribution in [0.25, 0.3) is 0 Å². The summed E-state index contributed by atoms with van der Waals surface area (Å²) in [6.45, 7) is 4.39. The Balaban J connectivity index is 0.000000425. The maximum Gasteiger partial charge on any atom is 0.153 e. The van der Waals surface area contributed by atoms with Gasteiger partial charge in [-0.25, -0.2) is 0 Å². The van der Waals surface area contributed by atoms with Gasteiger partial charge in [-0.05, 0) is 43.2 Å². The van der Waals surface area contributed by atoms with Gasteiger partial charge in [-0.3, -0.25) is 9.59 Å². The van der Waals surface area contributed by atoms with E-state index in [0.717, 1.165) is 12.0 Å². The average molecular weight is 343 g/mol. The molecule has 3 radical (unpaired) electrons. The molecule has 0 saturated heterocycles. The molecular weight excluding hydrogens is 323 g/mol. The van der Waals surface area contributed by atoms with Crippen LogP contribution in [0.15, 0.2) is 36.4 Å². The third-order valence-corrected chi connectivity index (χ3v) is 3.07. The molecule has 0 aromatic heterocycles. The summed E-state index contributed by atoms with van der Waals surface area (Å²) in [5.74, 6) is 0.593. The number of carbonyl (C=O) groups excluding carboxylic acids is 2. The molecule has 0 bridgehead atoms. The second-order valence-corrected chi connectivity index (χ2v) is 4.64. The Labute approximate surface area is 152 Å². The van der Waals surface area contributed by atoms with Crippen LogP contribution in [-0.4, -0.2) is 46.8 Å². The van der Waals surface area contributed by atoms with Crippen molar-refractivity contribution in [1.82, 2.24) is 0 Å². The molecule has 0 atom stereocenters. The molecule has 0 aliphatic heterocycles. The zero-order valence-electron chi connectivity index (χ0n) is 13.7. The van der Waals surface area contributed by atoms with Crippen LogP contribution < -0.4 is 4.74 Å². The summed E-state index contributed by atoms with van der Waals surface area (Å²) < 4.78 is 5.11. The van der Waals surface area contributed by atoms with E-state index in [1.54, 1.807) is 18.2 Å². The average Bonchev–Trinajstić information content (AvgIpc) is 2.56. The Morgan fingerprint density at radius 3 is 1.88 bits per heavy atom. The fourth-order valence-corrected chi connectivity index (χ4v) is 1.79. The molecule has 0 unspecified atom stereocenters. The van der Waals surface area contributed by atoms with Crippen LogP contribution in [0.1, 0.15) is 40.1 Å². The van der Waals surface area contributed by atoms with E-state index < -0.39 is 0 Å². The zero-order chi connectivity index (χ0) is 17.2. The molecular formula is C18H20AlO5. The van der Waals surface area contributed by atoms with Crippen molar-refractivity contribution >= 4 is 29.9 Å². The lowest BCUT2D eigenvalue weighted by Crippen LogP contribution is -1.91. The molecule has 2 aromatic carbocycles. The zero-order valence-corrected chi connectivity index (χ0v) is 14.9. The number of carbonyl (C=O) groups is 2. The van der Waals surface area contributed by atoms with Gasteiger partial charge in [0.15, 0.2) is 12.6 Å². The molecule has 5 nitrogen and oxygen atoms in total. The van der Waals surface area contributed by atoms with Crippen molar-refractivity contribution in [2.24, 2.45) is 0 Å². The van der Waals surface area contributed by atoms with Crippen LogP contribution in [0.4, 0.5) is 0 Å². The maximum absolute atomic E-state index is 10.3. The van der Waals surface area contributed by atoms with E-state index in [1.807, 2.05) is 19.9 Å². The van der Waals surface area contributed by atoms with E-state index in [1.165, 1.54) is 12.1 Å². The molecule has 2 rings (SSSR count). The van der Waals surface area contributed by atoms with E-state index in [2.05, 4.69) is 0 Å². The molecule has 0 fully saturated rings. The lowest BCUT2D eigenvalue weighted by atomic mass is 10.1. The predicted octanol–water partition coefficient (Wildman–Crippen LogP) is 2.99. The summed E-state index contributed by atoms with van der Waals surface area (Å²) in [4.78, 5) is 20.6. The summed E-state index contributed by atoms with van der Waals surface area (Å²) >= 11 is 0. The third-order valence-electron chi connectivity index (χ3n) is 3.07. The van der Waals surface area contributed by atoms with E-state index >= 15 is 0 Å². The molecule has 0 aliphatic rings. The summed E-state index contributed by atoms with van der Waals surface area (Å²) in [5.41, 5.74) is 1.66. The van der Waals surface area contributed by atoms with Gasteiger partial charge in [0.25, 0.3) is 0 Å². The second-order valence-electron chi connectivity index (χ2n) is 4.64. The number of hydrogen-bond acceptors (Lipinski definition) is 5. The molecule has 0 aliphatic carbocycles. The molecule has 0 amide bonds. The molecule has 0 heterocycles. The van der Waals surface area contributed by atoms with Gasteiger partial charge in [-0.1, -0.05) is 13.0 Å². The first-order valence-electron chi connectivity index (χ1n) is 7.23. The van der Waals surface area contributed by atoms with Gasteiger partial charge in [-0.2, -0.15) is 0 Å². The predicted molar refractivity (Wildman–Crippen MR) is 93.3 cm³/mol. The number of ether oxygens (including phenoxy) is 1. The van der Waals surface area contributed by atoms with E-state index in [0.29, 0.717) is 30.5 Å². The van der Waals surface area contributed by atoms with Gasteiger partial charge < -0.3 is 14.9 Å². The fraction of sp³-hybridized carbons (Fsp3) is 0.222. The van der Waals surface area contributed by atoms with Crippen molar-refractivity contribution in [2.75, 3.05) is 6.61 Å². The van der Waals surface area contributed by atoms with Crippen molar-refractivity contribution in [3.05, 3.63) is 53.1 Å². The third kappa shape index (κ3) is 6.45. The van der Waals surface area contributed by atoms with Gasteiger partial charge in [-0.15, -0.1) is 0 Å². The molecule has 24 heavy (non-hydrogen) atoms. The smallest absolute Gasteiger partial charge is 0.153 e. The Bertz CT molecular complexity index is 670. The normalized spacial score (nSPS) is 9.08. The second kappa shape index (κ2) is 11.3. The number of phenolic OH excluding ortho intramolecular Hbond substituents is 2. The van der Waals surface area contributed by atoms with E-state index in [4.69, 9.17) is 4.74 Å². The van der Waals surface area contributed by atoms with Crippen molar-refractivity contribution in [3.63, 3.8) is 0 Å². The van der Waals surface area contributed by atoms with E-state index in [-0.39, 0.29) is 34.4 Å². The topological polar surface area (TPSA) is 83.8 Å². The summed E-state index contributed by atoms with van der Waals surface area (Å²) in [7, 11) is 0. The number of phenols is 2. The number of aldehydes is 2. The van der Waals surface area contributed by atoms with Crippen LogP contribution in [0.3, 0.4) is 0 Å². The minimum atomic E-state index is -0.0454. The van der Waals surface area contributed by atoms with E-state index in [9.17, 15) is 19.8 Å². The lowest BCUT2D eigenvalue weighted by Gasteiger charge is -2.03. The van der Waals surface area contributed by atoms with Gasteiger partial charge in [0.05, 0.1) is 17.7 Å². The highest BCUT2D eigenvalue weighted by Crippen LogP contribution is 2.21. The molecule has 125 valence electrons. The number of rotatable bonds is 5. The van der Waals surface area contributed by atoms with Crippen LogP contribution in [-0.2, 0) is 6.42 Å². The van der Waals surface area contributed by atoms with Crippen molar-refractivity contribution in [3.8, 4) is 17.2 Å². The highest BCUT2D eigenvalue weighted by Gasteiger charge is 2.01. The minimum absolute atomic E-state index is 0. The molecule has 6 heteroatoms. The number of aromatic hydroxyl groups is 2. The van der Waals surface area contributed by atoms with Gasteiger partial charge in [0.1, 0.15) is 17.2 Å². The minimum Gasteiger partial charge on any atom is -0.507 e. The van der Waals surface area contributed by atoms with Crippen LogP contribution in [0, 0.1) is 0 Å². The monoisotopic (exact) mass is 343 g/mol. The lowest BCUT2D eigenvalue weighted by molar-refractivity contribution is 0.111. The SMILES string of the molecule is CCOc1ccc(C=O)c(O)c1.CCc1ccc(C=O)c(O)c1.[Al].